The van der Waals surface area contributed by atoms with Crippen molar-refractivity contribution in [2.24, 2.45) is 4.99 Å². The summed E-state index contributed by atoms with van der Waals surface area (Å²) in [7, 11) is 0. The number of rotatable bonds is 8. The highest BCUT2D eigenvalue weighted by atomic mass is 16.5. The smallest absolute Gasteiger partial charge is 0.254 e. The van der Waals surface area contributed by atoms with Crippen LogP contribution in [0.2, 0.25) is 0 Å². The number of aromatic nitrogens is 1. The second-order valence-electron chi connectivity index (χ2n) is 11.4. The van der Waals surface area contributed by atoms with Gasteiger partial charge in [0.1, 0.15) is 18.0 Å². The highest BCUT2D eigenvalue weighted by molar-refractivity contribution is 6.01. The maximum atomic E-state index is 12.9. The van der Waals surface area contributed by atoms with Crippen LogP contribution in [0.15, 0.2) is 65.8 Å². The Bertz CT molecular complexity index is 1470. The van der Waals surface area contributed by atoms with E-state index in [0.29, 0.717) is 38.1 Å². The number of nitrogens with one attached hydrogen (secondary N) is 2. The predicted molar refractivity (Wildman–Crippen MR) is 159 cm³/mol. The van der Waals surface area contributed by atoms with Crippen molar-refractivity contribution in [1.29, 1.82) is 0 Å². The van der Waals surface area contributed by atoms with E-state index in [4.69, 9.17) is 19.5 Å². The molecular formula is C32H37N5O4. The first-order valence-corrected chi connectivity index (χ1v) is 14.3. The van der Waals surface area contributed by atoms with Gasteiger partial charge in [-0.25, -0.2) is 9.98 Å². The van der Waals surface area contributed by atoms with Crippen LogP contribution in [-0.2, 0) is 15.0 Å². The summed E-state index contributed by atoms with van der Waals surface area (Å²) in [6.45, 7) is 8.57. The minimum atomic E-state index is -0.398. The second kappa shape index (κ2) is 10.8. The number of fused-ring (bicyclic) bond motifs is 1. The normalized spacial score (nSPS) is 19.5. The Kier molecular flexibility index (Phi) is 7.17. The van der Waals surface area contributed by atoms with Gasteiger partial charge in [0, 0.05) is 43.3 Å². The number of hydrogen-bond donors (Lipinski definition) is 3. The summed E-state index contributed by atoms with van der Waals surface area (Å²) in [5.41, 5.74) is 4.36. The highest BCUT2D eigenvalue weighted by Crippen LogP contribution is 2.40. The van der Waals surface area contributed by atoms with Crippen LogP contribution in [0, 0.1) is 0 Å². The summed E-state index contributed by atoms with van der Waals surface area (Å²) in [6.07, 6.45) is 3.41. The van der Waals surface area contributed by atoms with Crippen LogP contribution >= 0.6 is 0 Å². The zero-order valence-corrected chi connectivity index (χ0v) is 23.8. The summed E-state index contributed by atoms with van der Waals surface area (Å²) in [5, 5.41) is 17.2. The third-order valence-electron chi connectivity index (χ3n) is 8.51. The third-order valence-corrected chi connectivity index (χ3v) is 8.51. The van der Waals surface area contributed by atoms with E-state index in [9.17, 15) is 9.90 Å². The van der Waals surface area contributed by atoms with Gasteiger partial charge in [0.15, 0.2) is 0 Å². The van der Waals surface area contributed by atoms with Gasteiger partial charge in [0.25, 0.3) is 5.91 Å². The zero-order valence-electron chi connectivity index (χ0n) is 23.8. The summed E-state index contributed by atoms with van der Waals surface area (Å²) in [4.78, 5) is 24.5. The molecule has 1 amide bonds. The van der Waals surface area contributed by atoms with Crippen LogP contribution in [0.3, 0.4) is 0 Å². The minimum Gasteiger partial charge on any atom is -0.475 e. The molecule has 3 aromatic rings. The molecule has 0 bridgehead atoms. The first-order valence-electron chi connectivity index (χ1n) is 14.3. The molecule has 1 spiro atoms. The number of carbonyl (C=O) groups excluding carboxylic acids is 1. The SMILES string of the molecule is CCN1C(=O)c2ccc(Nc3cc(N[C@H](CO)c4ccccc4)c(C4=NC5(CCOCC5)CO4)cn3)cc2C1(C)C. The molecule has 214 valence electrons. The molecular weight excluding hydrogens is 518 g/mol. The van der Waals surface area contributed by atoms with Crippen LogP contribution in [0.25, 0.3) is 0 Å². The fraction of sp³-hybridized carbons (Fsp3) is 0.406. The van der Waals surface area contributed by atoms with Crippen molar-refractivity contribution in [3.63, 3.8) is 0 Å². The molecule has 3 aliphatic rings. The zero-order chi connectivity index (χ0) is 28.6. The van der Waals surface area contributed by atoms with Gasteiger partial charge in [-0.05, 0) is 62.9 Å². The largest absolute Gasteiger partial charge is 0.475 e. The number of benzene rings is 2. The Hall–Kier alpha value is -3.95. The van der Waals surface area contributed by atoms with E-state index >= 15 is 0 Å². The van der Waals surface area contributed by atoms with Gasteiger partial charge in [-0.2, -0.15) is 0 Å². The number of aliphatic imine (C=N–C) groups is 1. The van der Waals surface area contributed by atoms with Gasteiger partial charge in [-0.1, -0.05) is 30.3 Å². The summed E-state index contributed by atoms with van der Waals surface area (Å²) < 4.78 is 11.7. The van der Waals surface area contributed by atoms with E-state index in [-0.39, 0.29) is 24.1 Å². The Morgan fingerprint density at radius 3 is 2.59 bits per heavy atom. The number of ether oxygens (including phenoxy) is 2. The van der Waals surface area contributed by atoms with E-state index in [1.807, 2.05) is 66.4 Å². The monoisotopic (exact) mass is 555 g/mol. The highest BCUT2D eigenvalue weighted by Gasteiger charge is 2.42. The number of anilines is 3. The summed E-state index contributed by atoms with van der Waals surface area (Å²) >= 11 is 0. The Balaban J connectivity index is 1.34. The maximum absolute atomic E-state index is 12.9. The lowest BCUT2D eigenvalue weighted by molar-refractivity contribution is 0.0442. The van der Waals surface area contributed by atoms with Crippen molar-refractivity contribution in [3.05, 3.63) is 83.0 Å². The number of aliphatic hydroxyl groups is 1. The van der Waals surface area contributed by atoms with Crippen LogP contribution in [-0.4, -0.2) is 65.3 Å². The predicted octanol–water partition coefficient (Wildman–Crippen LogP) is 5.01. The van der Waals surface area contributed by atoms with E-state index in [1.54, 1.807) is 6.20 Å². The van der Waals surface area contributed by atoms with Gasteiger partial charge in [-0.15, -0.1) is 0 Å². The van der Waals surface area contributed by atoms with E-state index in [1.165, 1.54) is 0 Å². The Labute approximate surface area is 240 Å². The van der Waals surface area contributed by atoms with Crippen LogP contribution in [0.5, 0.6) is 0 Å². The molecule has 0 aliphatic carbocycles. The molecule has 41 heavy (non-hydrogen) atoms. The quantitative estimate of drug-likeness (QED) is 0.359. The molecule has 1 saturated heterocycles. The van der Waals surface area contributed by atoms with Crippen LogP contribution in [0.4, 0.5) is 17.2 Å². The molecule has 0 unspecified atom stereocenters. The van der Waals surface area contributed by atoms with Crippen molar-refractivity contribution in [3.8, 4) is 0 Å². The molecule has 3 aliphatic heterocycles. The van der Waals surface area contributed by atoms with E-state index in [0.717, 1.165) is 46.5 Å². The van der Waals surface area contributed by atoms with Crippen molar-refractivity contribution in [2.45, 2.75) is 50.7 Å². The molecule has 4 heterocycles. The van der Waals surface area contributed by atoms with Crippen molar-refractivity contribution in [1.82, 2.24) is 9.88 Å². The minimum absolute atomic E-state index is 0.0589. The molecule has 0 saturated carbocycles. The van der Waals surface area contributed by atoms with Crippen molar-refractivity contribution < 1.29 is 19.4 Å². The lowest BCUT2D eigenvalue weighted by Crippen LogP contribution is -2.38. The van der Waals surface area contributed by atoms with Crippen molar-refractivity contribution in [2.75, 3.05) is 43.6 Å². The average Bonchev–Trinajstić information content (AvgIpc) is 3.47. The number of nitrogens with zero attached hydrogens (tertiary/aromatic N) is 3. The van der Waals surface area contributed by atoms with Gasteiger partial charge in [0.05, 0.1) is 29.4 Å². The number of aliphatic hydroxyl groups excluding tert-OH is 1. The van der Waals surface area contributed by atoms with Crippen molar-refractivity contribution >= 4 is 29.0 Å². The standard InChI is InChI=1S/C32H37N5O4/c1-4-37-30(39)23-11-10-22(16-25(23)31(37,2)3)34-28-17-26(35-27(19-38)21-8-6-5-7-9-21)24(18-33-28)29-36-32(20-41-29)12-14-40-15-13-32/h5-11,16-18,27,38H,4,12-15,19-20H2,1-3H3,(H2,33,34,35)/t27-/m1/s1. The molecule has 0 radical (unpaired) electrons. The fourth-order valence-electron chi connectivity index (χ4n) is 6.10. The number of carbonyl (C=O) groups is 1. The molecule has 3 N–H and O–H groups in total. The molecule has 1 fully saturated rings. The van der Waals surface area contributed by atoms with E-state index < -0.39 is 5.54 Å². The van der Waals surface area contributed by atoms with Gasteiger partial charge in [0.2, 0.25) is 5.90 Å². The number of amides is 1. The third kappa shape index (κ3) is 5.04. The Morgan fingerprint density at radius 1 is 1.07 bits per heavy atom. The molecule has 1 atom stereocenters. The van der Waals surface area contributed by atoms with E-state index in [2.05, 4.69) is 24.5 Å². The lowest BCUT2D eigenvalue weighted by Gasteiger charge is -2.31. The van der Waals surface area contributed by atoms with Gasteiger partial charge in [-0.3, -0.25) is 4.79 Å². The first-order chi connectivity index (χ1) is 19.8. The fourth-order valence-corrected chi connectivity index (χ4v) is 6.10. The Morgan fingerprint density at radius 2 is 1.85 bits per heavy atom. The average molecular weight is 556 g/mol. The van der Waals surface area contributed by atoms with Crippen LogP contribution < -0.4 is 10.6 Å². The van der Waals surface area contributed by atoms with Gasteiger partial charge >= 0.3 is 0 Å². The summed E-state index contributed by atoms with van der Waals surface area (Å²) in [5.74, 6) is 1.23. The molecule has 9 nitrogen and oxygen atoms in total. The topological polar surface area (TPSA) is 108 Å². The number of hydrogen-bond acceptors (Lipinski definition) is 8. The molecule has 2 aromatic carbocycles. The number of pyridine rings is 1. The van der Waals surface area contributed by atoms with Crippen LogP contribution in [0.1, 0.15) is 66.7 Å². The molecule has 9 heteroatoms. The first kappa shape index (κ1) is 27.2. The summed E-state index contributed by atoms with van der Waals surface area (Å²) in [6, 6.07) is 17.3. The molecule has 6 rings (SSSR count). The lowest BCUT2D eigenvalue weighted by atomic mass is 9.92. The molecule has 1 aromatic heterocycles. The second-order valence-corrected chi connectivity index (χ2v) is 11.4. The van der Waals surface area contributed by atoms with Gasteiger partial charge < -0.3 is 30.1 Å². The maximum Gasteiger partial charge on any atom is 0.254 e.